The van der Waals surface area contributed by atoms with Crippen molar-refractivity contribution in [1.29, 1.82) is 0 Å². The first-order valence-electron chi connectivity index (χ1n) is 13.8. The molecule has 3 aromatic rings. The van der Waals surface area contributed by atoms with Gasteiger partial charge in [0.25, 0.3) is 5.91 Å². The van der Waals surface area contributed by atoms with Crippen LogP contribution in [0.3, 0.4) is 0 Å². The third-order valence-electron chi connectivity index (χ3n) is 7.00. The second kappa shape index (κ2) is 14.8. The van der Waals surface area contributed by atoms with Crippen LogP contribution in [-0.2, 0) is 16.0 Å². The summed E-state index contributed by atoms with van der Waals surface area (Å²) >= 11 is 0. The molecule has 0 fully saturated rings. The first kappa shape index (κ1) is 31.0. The number of rotatable bonds is 15. The lowest BCUT2D eigenvalue weighted by Crippen LogP contribution is -2.48. The molecule has 1 amide bonds. The number of nitrogens with one attached hydrogen (secondary N) is 1. The molecule has 0 aromatic heterocycles. The van der Waals surface area contributed by atoms with Gasteiger partial charge in [-0.1, -0.05) is 41.5 Å². The number of ether oxygens (including phenoxy) is 4. The molecule has 0 saturated heterocycles. The van der Waals surface area contributed by atoms with E-state index >= 15 is 0 Å². The molecule has 224 valence electrons. The molecular formula is C32H35N5O6. The Labute approximate surface area is 250 Å². The number of hydrogen-bond donors (Lipinski definition) is 2. The molecule has 0 aliphatic carbocycles. The Hall–Kier alpha value is -4.99. The number of aliphatic imine (C=N–C) groups is 1. The van der Waals surface area contributed by atoms with Gasteiger partial charge in [0, 0.05) is 47.7 Å². The van der Waals surface area contributed by atoms with Crippen molar-refractivity contribution in [3.8, 4) is 17.2 Å². The van der Waals surface area contributed by atoms with E-state index in [9.17, 15) is 10.3 Å². The van der Waals surface area contributed by atoms with E-state index in [1.165, 1.54) is 0 Å². The topological polar surface area (TPSA) is 147 Å². The minimum Gasteiger partial charge on any atom is -0.494 e. The molecule has 2 N–H and O–H groups in total. The van der Waals surface area contributed by atoms with Gasteiger partial charge in [-0.25, -0.2) is 4.99 Å². The predicted molar refractivity (Wildman–Crippen MR) is 163 cm³/mol. The van der Waals surface area contributed by atoms with Gasteiger partial charge in [0.05, 0.1) is 20.8 Å². The highest BCUT2D eigenvalue weighted by Gasteiger charge is 2.52. The molecule has 1 heterocycles. The van der Waals surface area contributed by atoms with Crippen LogP contribution in [-0.4, -0.2) is 56.4 Å². The van der Waals surface area contributed by atoms with Crippen molar-refractivity contribution < 1.29 is 28.8 Å². The van der Waals surface area contributed by atoms with Crippen LogP contribution in [0.25, 0.3) is 10.4 Å². The van der Waals surface area contributed by atoms with Crippen LogP contribution < -0.4 is 19.5 Å². The number of carbonyl (C=O) groups is 1. The Balaban J connectivity index is 1.65. The van der Waals surface area contributed by atoms with Crippen molar-refractivity contribution in [2.75, 3.05) is 34.0 Å². The lowest BCUT2D eigenvalue weighted by Gasteiger charge is -2.30. The zero-order chi connectivity index (χ0) is 30.7. The molecule has 1 aliphatic rings. The first-order chi connectivity index (χ1) is 21.0. The van der Waals surface area contributed by atoms with Crippen LogP contribution in [0.5, 0.6) is 17.2 Å². The van der Waals surface area contributed by atoms with Crippen molar-refractivity contribution in [3.63, 3.8) is 0 Å². The summed E-state index contributed by atoms with van der Waals surface area (Å²) in [6, 6.07) is 19.7. The highest BCUT2D eigenvalue weighted by Crippen LogP contribution is 2.45. The Kier molecular flexibility index (Phi) is 10.6. The molecule has 43 heavy (non-hydrogen) atoms. The summed E-state index contributed by atoms with van der Waals surface area (Å²) in [6.45, 7) is 4.65. The Morgan fingerprint density at radius 1 is 1.16 bits per heavy atom. The van der Waals surface area contributed by atoms with Gasteiger partial charge in [-0.05, 0) is 53.9 Å². The molecule has 2 atom stereocenters. The van der Waals surface area contributed by atoms with Crippen molar-refractivity contribution in [3.05, 3.63) is 107 Å². The monoisotopic (exact) mass is 585 g/mol. The van der Waals surface area contributed by atoms with E-state index in [-0.39, 0.29) is 24.8 Å². The Bertz CT molecular complexity index is 1500. The van der Waals surface area contributed by atoms with Crippen LogP contribution in [0.15, 0.2) is 89.5 Å². The van der Waals surface area contributed by atoms with Gasteiger partial charge in [0.1, 0.15) is 5.75 Å². The minimum atomic E-state index is -1.42. The SMILES string of the molecule is C=CC[C@@]1(C(=O)NCCc2ccc(OC)c(OC)c2)N=C(c2ccc(OCCCO)cc2)O[C@@H]1c1ccccc1N=[N+]=[N-]. The van der Waals surface area contributed by atoms with Gasteiger partial charge in [-0.15, -0.1) is 6.58 Å². The van der Waals surface area contributed by atoms with Crippen LogP contribution in [0.1, 0.15) is 35.6 Å². The number of aliphatic hydroxyl groups excluding tert-OH is 1. The van der Waals surface area contributed by atoms with E-state index in [4.69, 9.17) is 29.0 Å². The molecular weight excluding hydrogens is 550 g/mol. The maximum atomic E-state index is 14.1. The van der Waals surface area contributed by atoms with Crippen LogP contribution >= 0.6 is 0 Å². The van der Waals surface area contributed by atoms with Crippen molar-refractivity contribution in [2.45, 2.75) is 30.9 Å². The number of azide groups is 1. The molecule has 3 aromatic carbocycles. The molecule has 11 heteroatoms. The zero-order valence-corrected chi connectivity index (χ0v) is 24.2. The molecule has 11 nitrogen and oxygen atoms in total. The van der Waals surface area contributed by atoms with Crippen molar-refractivity contribution >= 4 is 17.5 Å². The number of hydrogen-bond acceptors (Lipinski definition) is 8. The zero-order valence-electron chi connectivity index (χ0n) is 24.2. The fourth-order valence-corrected chi connectivity index (χ4v) is 4.87. The maximum Gasteiger partial charge on any atom is 0.252 e. The smallest absolute Gasteiger partial charge is 0.252 e. The summed E-state index contributed by atoms with van der Waals surface area (Å²) in [6.07, 6.45) is 1.95. The standard InChI is InChI=1S/C32H35N5O6/c1-4-17-32(31(39)34-18-16-22-10-15-27(40-2)28(21-22)41-3)29(25-8-5-6-9-26(25)36-37-33)43-30(35-32)23-11-13-24(14-12-23)42-20-7-19-38/h4-6,8-15,21,29,38H,1,7,16-20H2,2-3H3,(H,34,39)/t29-,32-/m1/s1. The molecule has 1 aliphatic heterocycles. The summed E-state index contributed by atoms with van der Waals surface area (Å²) in [5, 5.41) is 15.9. The van der Waals surface area contributed by atoms with Crippen molar-refractivity contribution in [1.82, 2.24) is 5.32 Å². The predicted octanol–water partition coefficient (Wildman–Crippen LogP) is 5.60. The summed E-state index contributed by atoms with van der Waals surface area (Å²) in [4.78, 5) is 21.9. The van der Waals surface area contributed by atoms with Gasteiger partial charge in [0.15, 0.2) is 23.1 Å². The molecule has 0 unspecified atom stereocenters. The largest absolute Gasteiger partial charge is 0.494 e. The average molecular weight is 586 g/mol. The van der Waals surface area contributed by atoms with Crippen LogP contribution in [0, 0.1) is 0 Å². The molecule has 0 spiro atoms. The number of amides is 1. The maximum absolute atomic E-state index is 14.1. The second-order valence-electron chi connectivity index (χ2n) is 9.73. The summed E-state index contributed by atoms with van der Waals surface area (Å²) in [7, 11) is 3.15. The minimum absolute atomic E-state index is 0.0448. The Morgan fingerprint density at radius 3 is 2.63 bits per heavy atom. The van der Waals surface area contributed by atoms with Gasteiger partial charge in [-0.2, -0.15) is 0 Å². The molecule has 0 radical (unpaired) electrons. The highest BCUT2D eigenvalue weighted by molar-refractivity contribution is 6.01. The molecule has 0 saturated carbocycles. The van der Waals surface area contributed by atoms with Gasteiger partial charge in [0.2, 0.25) is 5.90 Å². The third kappa shape index (κ3) is 7.09. The quantitative estimate of drug-likeness (QED) is 0.0780. The van der Waals surface area contributed by atoms with Crippen molar-refractivity contribution in [2.24, 2.45) is 10.1 Å². The fourth-order valence-electron chi connectivity index (χ4n) is 4.87. The van der Waals surface area contributed by atoms with Gasteiger partial charge >= 0.3 is 0 Å². The van der Waals surface area contributed by atoms with E-state index in [2.05, 4.69) is 21.9 Å². The van der Waals surface area contributed by atoms with Crippen LogP contribution in [0.4, 0.5) is 5.69 Å². The molecule has 4 rings (SSSR count). The lowest BCUT2D eigenvalue weighted by molar-refractivity contribution is -0.128. The van der Waals surface area contributed by atoms with Gasteiger partial charge < -0.3 is 29.4 Å². The number of aliphatic hydroxyl groups is 1. The van der Waals surface area contributed by atoms with E-state index in [0.29, 0.717) is 60.1 Å². The van der Waals surface area contributed by atoms with E-state index < -0.39 is 11.6 Å². The van der Waals surface area contributed by atoms with Gasteiger partial charge in [-0.3, -0.25) is 4.79 Å². The molecule has 0 bridgehead atoms. The summed E-state index contributed by atoms with van der Waals surface area (Å²) < 4.78 is 22.8. The lowest BCUT2D eigenvalue weighted by atomic mass is 9.83. The van der Waals surface area contributed by atoms with E-state index in [0.717, 1.165) is 5.56 Å². The number of carbonyl (C=O) groups excluding carboxylic acids is 1. The summed E-state index contributed by atoms with van der Waals surface area (Å²) in [5.41, 5.74) is 10.2. The van der Waals surface area contributed by atoms with Crippen LogP contribution in [0.2, 0.25) is 0 Å². The van der Waals surface area contributed by atoms with E-state index in [1.807, 2.05) is 18.2 Å². The second-order valence-corrected chi connectivity index (χ2v) is 9.73. The van der Waals surface area contributed by atoms with E-state index in [1.54, 1.807) is 68.8 Å². The summed E-state index contributed by atoms with van der Waals surface area (Å²) in [5.74, 6) is 1.77. The number of nitrogens with zero attached hydrogens (tertiary/aromatic N) is 4. The average Bonchev–Trinajstić information content (AvgIpc) is 3.42. The first-order valence-corrected chi connectivity index (χ1v) is 13.8. The number of benzene rings is 3. The Morgan fingerprint density at radius 2 is 1.93 bits per heavy atom. The normalized spacial score (nSPS) is 17.2. The third-order valence-corrected chi connectivity index (χ3v) is 7.00. The number of methoxy groups -OCH3 is 2. The fraction of sp³-hybridized carbons (Fsp3) is 0.312. The highest BCUT2D eigenvalue weighted by atomic mass is 16.5.